The van der Waals surface area contributed by atoms with Crippen LogP contribution in [0.3, 0.4) is 0 Å². The normalized spacial score (nSPS) is 22.9. The maximum Gasteiger partial charge on any atom is 0.0410 e. The van der Waals surface area contributed by atoms with E-state index < -0.39 is 0 Å². The largest absolute Gasteiger partial charge is 0.312 e. The Bertz CT molecular complexity index is 329. The summed E-state index contributed by atoms with van der Waals surface area (Å²) < 4.78 is 1.06. The molecule has 0 radical (unpaired) electrons. The van der Waals surface area contributed by atoms with Crippen molar-refractivity contribution in [3.63, 3.8) is 0 Å². The van der Waals surface area contributed by atoms with Crippen LogP contribution in [0.5, 0.6) is 0 Å². The van der Waals surface area contributed by atoms with Gasteiger partial charge in [0.1, 0.15) is 0 Å². The molecule has 1 N–H and O–H groups in total. The molecule has 1 aliphatic rings. The predicted molar refractivity (Wildman–Crippen MR) is 64.7 cm³/mol. The van der Waals surface area contributed by atoms with Gasteiger partial charge in [-0.05, 0) is 34.5 Å². The van der Waals surface area contributed by atoms with Gasteiger partial charge in [-0.2, -0.15) is 0 Å². The lowest BCUT2D eigenvalue weighted by atomic mass is 10.2. The first-order valence-corrected chi connectivity index (χ1v) is 6.08. The van der Waals surface area contributed by atoms with Crippen LogP contribution in [-0.2, 0) is 6.54 Å². The Morgan fingerprint density at radius 2 is 2.47 bits per heavy atom. The van der Waals surface area contributed by atoms with Gasteiger partial charge >= 0.3 is 0 Å². The minimum absolute atomic E-state index is 0.596. The van der Waals surface area contributed by atoms with Gasteiger partial charge < -0.3 is 5.32 Å². The Hall–Kier alpha value is -0.450. The van der Waals surface area contributed by atoms with E-state index in [0.717, 1.165) is 30.7 Å². The second-order valence-corrected chi connectivity index (χ2v) is 5.02. The highest BCUT2D eigenvalue weighted by Crippen LogP contribution is 2.12. The summed E-state index contributed by atoms with van der Waals surface area (Å²) >= 11 is 3.45. The maximum atomic E-state index is 4.18. The topological polar surface area (TPSA) is 28.2 Å². The summed E-state index contributed by atoms with van der Waals surface area (Å²) in [5.74, 6) is 0. The summed E-state index contributed by atoms with van der Waals surface area (Å²) in [6.07, 6.45) is 3.77. The lowest BCUT2D eigenvalue weighted by molar-refractivity contribution is 0.199. The highest BCUT2D eigenvalue weighted by molar-refractivity contribution is 9.10. The molecule has 2 heterocycles. The van der Waals surface area contributed by atoms with Crippen LogP contribution >= 0.6 is 15.9 Å². The molecule has 1 saturated heterocycles. The molecule has 82 valence electrons. The number of nitrogens with one attached hydrogen (secondary N) is 1. The summed E-state index contributed by atoms with van der Waals surface area (Å²) in [5, 5.41) is 3.44. The molecule has 1 fully saturated rings. The van der Waals surface area contributed by atoms with Gasteiger partial charge in [-0.25, -0.2) is 0 Å². The van der Waals surface area contributed by atoms with Crippen molar-refractivity contribution < 1.29 is 0 Å². The molecule has 0 bridgehead atoms. The molecule has 0 amide bonds. The number of hydrogen-bond acceptors (Lipinski definition) is 3. The number of piperazine rings is 1. The van der Waals surface area contributed by atoms with Gasteiger partial charge in [-0.3, -0.25) is 9.88 Å². The van der Waals surface area contributed by atoms with Crippen molar-refractivity contribution in [3.8, 4) is 0 Å². The number of hydrogen-bond donors (Lipinski definition) is 1. The Morgan fingerprint density at radius 3 is 3.20 bits per heavy atom. The van der Waals surface area contributed by atoms with Crippen LogP contribution in [-0.4, -0.2) is 35.6 Å². The van der Waals surface area contributed by atoms with E-state index in [0.29, 0.717) is 6.04 Å². The fourth-order valence-corrected chi connectivity index (χ4v) is 2.37. The second kappa shape index (κ2) is 5.05. The van der Waals surface area contributed by atoms with Gasteiger partial charge in [-0.1, -0.05) is 0 Å². The molecule has 1 atom stereocenters. The first-order chi connectivity index (χ1) is 7.24. The number of aromatic nitrogens is 1. The minimum atomic E-state index is 0.596. The molecule has 2 rings (SSSR count). The standard InChI is InChI=1S/C11H16BrN3/c1-9-7-15(3-2-14-9)8-10-4-11(12)6-13-5-10/h4-6,9,14H,2-3,7-8H2,1H3. The smallest absolute Gasteiger partial charge is 0.0410 e. The quantitative estimate of drug-likeness (QED) is 0.885. The van der Waals surface area contributed by atoms with Crippen LogP contribution in [0.1, 0.15) is 12.5 Å². The van der Waals surface area contributed by atoms with Crippen LogP contribution in [0, 0.1) is 0 Å². The van der Waals surface area contributed by atoms with E-state index in [-0.39, 0.29) is 0 Å². The third-order valence-electron chi connectivity index (χ3n) is 2.62. The summed E-state index contributed by atoms with van der Waals surface area (Å²) in [6, 6.07) is 2.73. The van der Waals surface area contributed by atoms with Gasteiger partial charge in [0, 0.05) is 49.1 Å². The van der Waals surface area contributed by atoms with Crippen molar-refractivity contribution in [1.82, 2.24) is 15.2 Å². The van der Waals surface area contributed by atoms with Crippen molar-refractivity contribution in [2.75, 3.05) is 19.6 Å². The molecule has 15 heavy (non-hydrogen) atoms. The van der Waals surface area contributed by atoms with Crippen LogP contribution in [0.25, 0.3) is 0 Å². The van der Waals surface area contributed by atoms with Crippen molar-refractivity contribution >= 4 is 15.9 Å². The molecule has 1 aliphatic heterocycles. The Morgan fingerprint density at radius 1 is 1.60 bits per heavy atom. The number of rotatable bonds is 2. The molecular weight excluding hydrogens is 254 g/mol. The molecule has 0 saturated carbocycles. The molecular formula is C11H16BrN3. The average molecular weight is 270 g/mol. The van der Waals surface area contributed by atoms with Crippen LogP contribution in [0.4, 0.5) is 0 Å². The average Bonchev–Trinajstić information content (AvgIpc) is 2.17. The van der Waals surface area contributed by atoms with Crippen molar-refractivity contribution in [1.29, 1.82) is 0 Å². The van der Waals surface area contributed by atoms with E-state index in [2.05, 4.69) is 44.1 Å². The fourth-order valence-electron chi connectivity index (χ4n) is 1.96. The molecule has 1 unspecified atom stereocenters. The van der Waals surface area contributed by atoms with E-state index in [9.17, 15) is 0 Å². The number of pyridine rings is 1. The van der Waals surface area contributed by atoms with Gasteiger partial charge in [0.25, 0.3) is 0 Å². The van der Waals surface area contributed by atoms with Gasteiger partial charge in [0.2, 0.25) is 0 Å². The first kappa shape index (κ1) is 11.0. The highest BCUT2D eigenvalue weighted by Gasteiger charge is 2.15. The third kappa shape index (κ3) is 3.26. The van der Waals surface area contributed by atoms with Crippen molar-refractivity contribution in [2.45, 2.75) is 19.5 Å². The van der Waals surface area contributed by atoms with Crippen LogP contribution in [0.2, 0.25) is 0 Å². The zero-order valence-corrected chi connectivity index (χ0v) is 10.5. The predicted octanol–water partition coefficient (Wildman–Crippen LogP) is 1.64. The van der Waals surface area contributed by atoms with Crippen molar-refractivity contribution in [2.24, 2.45) is 0 Å². The van der Waals surface area contributed by atoms with Crippen LogP contribution < -0.4 is 5.32 Å². The maximum absolute atomic E-state index is 4.18. The van der Waals surface area contributed by atoms with Gasteiger partial charge in [0.05, 0.1) is 0 Å². The van der Waals surface area contributed by atoms with E-state index in [1.54, 1.807) is 0 Å². The monoisotopic (exact) mass is 269 g/mol. The summed E-state index contributed by atoms with van der Waals surface area (Å²) in [4.78, 5) is 6.64. The SMILES string of the molecule is CC1CN(Cc2cncc(Br)c2)CCN1. The van der Waals surface area contributed by atoms with E-state index in [1.807, 2.05) is 12.4 Å². The Balaban J connectivity index is 1.96. The van der Waals surface area contributed by atoms with Crippen LogP contribution in [0.15, 0.2) is 22.9 Å². The molecule has 0 aromatic carbocycles. The van der Waals surface area contributed by atoms with Gasteiger partial charge in [-0.15, -0.1) is 0 Å². The summed E-state index contributed by atoms with van der Waals surface area (Å²) in [5.41, 5.74) is 1.28. The Labute approximate surface area is 99.0 Å². The van der Waals surface area contributed by atoms with E-state index in [1.165, 1.54) is 5.56 Å². The summed E-state index contributed by atoms with van der Waals surface area (Å²) in [7, 11) is 0. The second-order valence-electron chi connectivity index (χ2n) is 4.10. The molecule has 4 heteroatoms. The highest BCUT2D eigenvalue weighted by atomic mass is 79.9. The molecule has 0 spiro atoms. The molecule has 1 aromatic heterocycles. The number of halogens is 1. The Kier molecular flexibility index (Phi) is 3.72. The lowest BCUT2D eigenvalue weighted by Crippen LogP contribution is -2.48. The zero-order valence-electron chi connectivity index (χ0n) is 8.91. The lowest BCUT2D eigenvalue weighted by Gasteiger charge is -2.31. The van der Waals surface area contributed by atoms with E-state index >= 15 is 0 Å². The fraction of sp³-hybridized carbons (Fsp3) is 0.545. The number of nitrogens with zero attached hydrogens (tertiary/aromatic N) is 2. The van der Waals surface area contributed by atoms with Crippen molar-refractivity contribution in [3.05, 3.63) is 28.5 Å². The molecule has 3 nitrogen and oxygen atoms in total. The first-order valence-electron chi connectivity index (χ1n) is 5.29. The minimum Gasteiger partial charge on any atom is -0.312 e. The molecule has 1 aromatic rings. The third-order valence-corrected chi connectivity index (χ3v) is 3.05. The molecule has 0 aliphatic carbocycles. The van der Waals surface area contributed by atoms with E-state index in [4.69, 9.17) is 0 Å². The summed E-state index contributed by atoms with van der Waals surface area (Å²) in [6.45, 7) is 6.55. The zero-order chi connectivity index (χ0) is 10.7. The van der Waals surface area contributed by atoms with Gasteiger partial charge in [0.15, 0.2) is 0 Å².